The van der Waals surface area contributed by atoms with Crippen molar-refractivity contribution in [2.45, 2.75) is 30.7 Å². The molecule has 1 aliphatic heterocycles. The molecule has 1 N–H and O–H groups in total. The maximum absolute atomic E-state index is 12.9. The number of aryl methyl sites for hydroxylation is 1. The van der Waals surface area contributed by atoms with Crippen LogP contribution in [0.25, 0.3) is 10.9 Å². The van der Waals surface area contributed by atoms with Gasteiger partial charge in [0, 0.05) is 24.2 Å². The molecular weight excluding hydrogens is 288 g/mol. The van der Waals surface area contributed by atoms with E-state index >= 15 is 0 Å². The third-order valence-corrected chi connectivity index (χ3v) is 6.06. The summed E-state index contributed by atoms with van der Waals surface area (Å²) < 4.78 is 27.3. The van der Waals surface area contributed by atoms with Crippen LogP contribution in [0, 0.1) is 6.92 Å². The highest BCUT2D eigenvalue weighted by Gasteiger charge is 2.35. The Labute approximate surface area is 124 Å². The minimum Gasteiger partial charge on any atom is -0.395 e. The first-order valence-corrected chi connectivity index (χ1v) is 8.47. The van der Waals surface area contributed by atoms with Crippen LogP contribution in [0.2, 0.25) is 0 Å². The van der Waals surface area contributed by atoms with Gasteiger partial charge in [-0.1, -0.05) is 6.07 Å². The van der Waals surface area contributed by atoms with Gasteiger partial charge in [-0.05, 0) is 43.5 Å². The topological polar surface area (TPSA) is 70.5 Å². The van der Waals surface area contributed by atoms with Crippen molar-refractivity contribution in [2.24, 2.45) is 0 Å². The molecule has 0 saturated carbocycles. The Balaban J connectivity index is 2.18. The van der Waals surface area contributed by atoms with E-state index in [9.17, 15) is 13.5 Å². The average Bonchev–Trinajstić information content (AvgIpc) is 2.97. The van der Waals surface area contributed by atoms with Crippen molar-refractivity contribution >= 4 is 20.9 Å². The summed E-state index contributed by atoms with van der Waals surface area (Å²) >= 11 is 0. The largest absolute Gasteiger partial charge is 0.395 e. The quantitative estimate of drug-likeness (QED) is 0.937. The third-order valence-electron chi connectivity index (χ3n) is 4.05. The summed E-state index contributed by atoms with van der Waals surface area (Å²) in [6.45, 7) is 2.24. The first-order chi connectivity index (χ1) is 10.1. The second-order valence-electron chi connectivity index (χ2n) is 5.37. The Bertz CT molecular complexity index is 774. The molecule has 1 aliphatic rings. The molecule has 1 aromatic heterocycles. The van der Waals surface area contributed by atoms with Gasteiger partial charge in [-0.25, -0.2) is 8.42 Å². The Morgan fingerprint density at radius 3 is 2.95 bits per heavy atom. The normalized spacial score (nSPS) is 20.2. The highest BCUT2D eigenvalue weighted by Crippen LogP contribution is 2.30. The first-order valence-electron chi connectivity index (χ1n) is 7.03. The van der Waals surface area contributed by atoms with E-state index < -0.39 is 10.0 Å². The molecule has 21 heavy (non-hydrogen) atoms. The fraction of sp³-hybridized carbons (Fsp3) is 0.400. The van der Waals surface area contributed by atoms with E-state index in [-0.39, 0.29) is 17.5 Å². The van der Waals surface area contributed by atoms with Crippen molar-refractivity contribution in [3.05, 3.63) is 36.0 Å². The Morgan fingerprint density at radius 1 is 1.38 bits per heavy atom. The Morgan fingerprint density at radius 2 is 2.19 bits per heavy atom. The highest BCUT2D eigenvalue weighted by molar-refractivity contribution is 7.89. The van der Waals surface area contributed by atoms with Gasteiger partial charge >= 0.3 is 0 Å². The lowest BCUT2D eigenvalue weighted by atomic mass is 10.1. The Kier molecular flexibility index (Phi) is 3.69. The number of hydrogen-bond acceptors (Lipinski definition) is 4. The van der Waals surface area contributed by atoms with Gasteiger partial charge in [0.2, 0.25) is 10.0 Å². The van der Waals surface area contributed by atoms with Gasteiger partial charge in [0.15, 0.2) is 0 Å². The van der Waals surface area contributed by atoms with Crippen molar-refractivity contribution in [1.29, 1.82) is 0 Å². The van der Waals surface area contributed by atoms with Crippen molar-refractivity contribution in [3.8, 4) is 0 Å². The SMILES string of the molecule is Cc1ccc(S(=O)(=O)N2CCCC2CO)c2cccnc12. The van der Waals surface area contributed by atoms with E-state index in [1.54, 1.807) is 30.5 Å². The second-order valence-corrected chi connectivity index (χ2v) is 7.23. The fourth-order valence-corrected chi connectivity index (χ4v) is 4.82. The van der Waals surface area contributed by atoms with Gasteiger partial charge < -0.3 is 5.11 Å². The van der Waals surface area contributed by atoms with E-state index in [0.717, 1.165) is 12.0 Å². The van der Waals surface area contributed by atoms with Crippen LogP contribution < -0.4 is 0 Å². The molecule has 3 rings (SSSR count). The molecule has 1 atom stereocenters. The van der Waals surface area contributed by atoms with Crippen LogP contribution in [0.15, 0.2) is 35.4 Å². The monoisotopic (exact) mass is 306 g/mol. The van der Waals surface area contributed by atoms with Gasteiger partial charge in [0.1, 0.15) is 0 Å². The molecule has 1 unspecified atom stereocenters. The van der Waals surface area contributed by atoms with Crippen LogP contribution in [0.3, 0.4) is 0 Å². The van der Waals surface area contributed by atoms with Gasteiger partial charge in [-0.3, -0.25) is 4.98 Å². The fourth-order valence-electron chi connectivity index (χ4n) is 2.95. The molecule has 0 bridgehead atoms. The first kappa shape index (κ1) is 14.4. The summed E-state index contributed by atoms with van der Waals surface area (Å²) in [5.74, 6) is 0. The van der Waals surface area contributed by atoms with E-state index in [4.69, 9.17) is 0 Å². The van der Waals surface area contributed by atoms with Gasteiger partial charge in [0.25, 0.3) is 0 Å². The maximum Gasteiger partial charge on any atom is 0.244 e. The van der Waals surface area contributed by atoms with Crippen LogP contribution in [0.5, 0.6) is 0 Å². The number of aliphatic hydroxyl groups is 1. The molecule has 2 heterocycles. The Hall–Kier alpha value is -1.50. The number of benzene rings is 1. The van der Waals surface area contributed by atoms with Crippen molar-refractivity contribution in [3.63, 3.8) is 0 Å². The average molecular weight is 306 g/mol. The van der Waals surface area contributed by atoms with Gasteiger partial charge in [-0.15, -0.1) is 0 Å². The van der Waals surface area contributed by atoms with Gasteiger partial charge in [0.05, 0.1) is 17.0 Å². The number of sulfonamides is 1. The summed E-state index contributed by atoms with van der Waals surface area (Å²) in [5, 5.41) is 10.0. The van der Waals surface area contributed by atoms with E-state index in [2.05, 4.69) is 4.98 Å². The van der Waals surface area contributed by atoms with E-state index in [0.29, 0.717) is 23.9 Å². The van der Waals surface area contributed by atoms with Crippen LogP contribution >= 0.6 is 0 Å². The zero-order valence-electron chi connectivity index (χ0n) is 11.9. The summed E-state index contributed by atoms with van der Waals surface area (Å²) in [4.78, 5) is 4.56. The summed E-state index contributed by atoms with van der Waals surface area (Å²) in [6, 6.07) is 6.64. The van der Waals surface area contributed by atoms with E-state index in [1.165, 1.54) is 4.31 Å². The van der Waals surface area contributed by atoms with Crippen LogP contribution in [0.1, 0.15) is 18.4 Å². The molecule has 112 valence electrons. The predicted octanol–water partition coefficient (Wildman–Crippen LogP) is 1.69. The third kappa shape index (κ3) is 2.33. The van der Waals surface area contributed by atoms with Crippen molar-refractivity contribution in [2.75, 3.05) is 13.2 Å². The number of rotatable bonds is 3. The molecule has 1 fully saturated rings. The molecule has 1 saturated heterocycles. The lowest BCUT2D eigenvalue weighted by Crippen LogP contribution is -2.37. The van der Waals surface area contributed by atoms with Gasteiger partial charge in [-0.2, -0.15) is 4.31 Å². The molecule has 1 aromatic carbocycles. The zero-order valence-corrected chi connectivity index (χ0v) is 12.7. The molecule has 2 aromatic rings. The van der Waals surface area contributed by atoms with Crippen LogP contribution in [-0.4, -0.2) is 42.0 Å². The number of pyridine rings is 1. The number of aliphatic hydroxyl groups excluding tert-OH is 1. The molecule has 0 amide bonds. The number of hydrogen-bond donors (Lipinski definition) is 1. The standard InChI is InChI=1S/C15H18N2O3S/c1-11-6-7-14(13-5-2-8-16-15(11)13)21(19,20)17-9-3-4-12(17)10-18/h2,5-8,12,18H,3-4,9-10H2,1H3. The zero-order chi connectivity index (χ0) is 15.0. The number of fused-ring (bicyclic) bond motifs is 1. The molecule has 6 heteroatoms. The number of nitrogens with zero attached hydrogens (tertiary/aromatic N) is 2. The molecular formula is C15H18N2O3S. The molecule has 0 spiro atoms. The van der Waals surface area contributed by atoms with Crippen LogP contribution in [0.4, 0.5) is 0 Å². The summed E-state index contributed by atoms with van der Waals surface area (Å²) in [5.41, 5.74) is 1.66. The van der Waals surface area contributed by atoms with Crippen molar-refractivity contribution < 1.29 is 13.5 Å². The van der Waals surface area contributed by atoms with E-state index in [1.807, 2.05) is 6.92 Å². The highest BCUT2D eigenvalue weighted by atomic mass is 32.2. The minimum atomic E-state index is -3.61. The van der Waals surface area contributed by atoms with Crippen molar-refractivity contribution in [1.82, 2.24) is 9.29 Å². The molecule has 0 aliphatic carbocycles. The molecule has 5 nitrogen and oxygen atoms in total. The lowest BCUT2D eigenvalue weighted by Gasteiger charge is -2.23. The molecule has 0 radical (unpaired) electrons. The predicted molar refractivity (Wildman–Crippen MR) is 80.5 cm³/mol. The number of aromatic nitrogens is 1. The summed E-state index contributed by atoms with van der Waals surface area (Å²) in [6.07, 6.45) is 3.16. The lowest BCUT2D eigenvalue weighted by molar-refractivity contribution is 0.213. The minimum absolute atomic E-state index is 0.138. The summed E-state index contributed by atoms with van der Waals surface area (Å²) in [7, 11) is -3.61. The second kappa shape index (κ2) is 5.36. The smallest absolute Gasteiger partial charge is 0.244 e. The maximum atomic E-state index is 12.9. The van der Waals surface area contributed by atoms with Crippen LogP contribution in [-0.2, 0) is 10.0 Å².